The highest BCUT2D eigenvalue weighted by molar-refractivity contribution is 5.96. The number of hydrogen-bond donors (Lipinski definition) is 8. The number of nitrogens with one attached hydrogen (secondary N) is 5. The Morgan fingerprint density at radius 2 is 0.929 bits per heavy atom. The molecule has 0 aromatic carbocycles. The number of carboxylic acid groups (broad SMARTS) is 1. The van der Waals surface area contributed by atoms with Crippen molar-refractivity contribution in [1.82, 2.24) is 26.6 Å². The minimum absolute atomic E-state index is 0.0231. The molecular weight excluding hydrogens is 548 g/mol. The van der Waals surface area contributed by atoms with Crippen molar-refractivity contribution in [3.8, 4) is 0 Å². The lowest BCUT2D eigenvalue weighted by molar-refractivity contribution is -0.143. The van der Waals surface area contributed by atoms with E-state index in [9.17, 15) is 39.0 Å². The molecule has 0 aromatic heterocycles. The number of carboxylic acids is 1. The summed E-state index contributed by atoms with van der Waals surface area (Å²) in [7, 11) is 0. The summed E-state index contributed by atoms with van der Waals surface area (Å²) in [6.45, 7) is 13.3. The van der Waals surface area contributed by atoms with E-state index in [4.69, 9.17) is 5.73 Å². The average molecular weight is 601 g/mol. The summed E-state index contributed by atoms with van der Waals surface area (Å²) in [5.41, 5.74) is 5.37. The third-order valence-corrected chi connectivity index (χ3v) is 6.27. The summed E-state index contributed by atoms with van der Waals surface area (Å²) in [5.74, 6) is -5.05. The quantitative estimate of drug-likeness (QED) is 0.0930. The fourth-order valence-corrected chi connectivity index (χ4v) is 4.14. The van der Waals surface area contributed by atoms with Gasteiger partial charge in [-0.2, -0.15) is 0 Å². The van der Waals surface area contributed by atoms with Gasteiger partial charge in [0.2, 0.25) is 29.5 Å². The average Bonchev–Trinajstić information content (AvgIpc) is 2.87. The van der Waals surface area contributed by atoms with Gasteiger partial charge in [-0.25, -0.2) is 4.79 Å². The van der Waals surface area contributed by atoms with E-state index in [2.05, 4.69) is 26.6 Å². The lowest BCUT2D eigenvalue weighted by Gasteiger charge is -2.28. The van der Waals surface area contributed by atoms with Crippen LogP contribution in [-0.4, -0.2) is 89.1 Å². The minimum Gasteiger partial charge on any atom is -0.480 e. The monoisotopic (exact) mass is 600 g/mol. The van der Waals surface area contributed by atoms with E-state index in [0.717, 1.165) is 0 Å². The fraction of sp³-hybridized carbons (Fsp3) is 0.786. The summed E-state index contributed by atoms with van der Waals surface area (Å²) >= 11 is 0. The van der Waals surface area contributed by atoms with Gasteiger partial charge < -0.3 is 42.5 Å². The molecule has 0 aromatic rings. The second kappa shape index (κ2) is 19.0. The number of aliphatic carboxylic acids is 1. The lowest BCUT2D eigenvalue weighted by Crippen LogP contribution is -2.60. The molecule has 5 atom stereocenters. The van der Waals surface area contributed by atoms with Crippen LogP contribution in [0.15, 0.2) is 0 Å². The SMILES string of the molecule is CC(C)C[C@H](NC(=O)[C@H](CO)NC(=O)[C@H](CC(C)C)NC(=O)[C@H](CC(C)C)NC(=O)[C@@H](NC(=O)CN)C(C)C)C(=O)O. The van der Waals surface area contributed by atoms with Gasteiger partial charge in [0, 0.05) is 0 Å². The van der Waals surface area contributed by atoms with Crippen molar-refractivity contribution in [2.45, 2.75) is 105 Å². The van der Waals surface area contributed by atoms with E-state index in [-0.39, 0.29) is 49.5 Å². The van der Waals surface area contributed by atoms with Gasteiger partial charge in [0.05, 0.1) is 13.2 Å². The van der Waals surface area contributed by atoms with Crippen molar-refractivity contribution >= 4 is 35.5 Å². The minimum atomic E-state index is -1.46. The Hall–Kier alpha value is -3.26. The number of aliphatic hydroxyl groups is 1. The Labute approximate surface area is 248 Å². The highest BCUT2D eigenvalue weighted by Crippen LogP contribution is 2.11. The highest BCUT2D eigenvalue weighted by Gasteiger charge is 2.33. The number of rotatable bonds is 19. The van der Waals surface area contributed by atoms with E-state index in [1.54, 1.807) is 27.7 Å². The lowest BCUT2D eigenvalue weighted by atomic mass is 9.98. The molecule has 9 N–H and O–H groups in total. The van der Waals surface area contributed by atoms with Gasteiger partial charge in [-0.3, -0.25) is 24.0 Å². The van der Waals surface area contributed by atoms with E-state index in [0.29, 0.717) is 0 Å². The zero-order chi connectivity index (χ0) is 32.7. The van der Waals surface area contributed by atoms with Crippen LogP contribution in [0, 0.1) is 23.7 Å². The van der Waals surface area contributed by atoms with E-state index < -0.39 is 72.3 Å². The van der Waals surface area contributed by atoms with Crippen LogP contribution in [0.25, 0.3) is 0 Å². The number of nitrogens with two attached hydrogens (primary N) is 1. The van der Waals surface area contributed by atoms with Gasteiger partial charge in [0.25, 0.3) is 0 Å². The van der Waals surface area contributed by atoms with Gasteiger partial charge in [-0.05, 0) is 42.9 Å². The standard InChI is InChI=1S/C28H52N6O8/c1-14(2)9-18(25(38)33-21(13-35)26(39)32-20(28(41)42)11-16(5)6)30-24(37)19(10-15(3)4)31-27(40)23(17(7)8)34-22(36)12-29/h14-21,23,35H,9-13,29H2,1-8H3,(H,30,37)(H,31,40)(H,32,39)(H,33,38)(H,34,36)(H,41,42)/t18-,19-,20-,21-,23-/m0/s1. The Balaban J connectivity index is 5.82. The normalized spacial score (nSPS) is 15.0. The molecule has 0 saturated carbocycles. The Morgan fingerprint density at radius 3 is 1.29 bits per heavy atom. The first-order chi connectivity index (χ1) is 19.4. The molecule has 0 bridgehead atoms. The molecule has 0 aliphatic carbocycles. The fourth-order valence-electron chi connectivity index (χ4n) is 4.14. The van der Waals surface area contributed by atoms with Crippen molar-refractivity contribution in [3.05, 3.63) is 0 Å². The van der Waals surface area contributed by atoms with Crippen LogP contribution >= 0.6 is 0 Å². The Bertz CT molecular complexity index is 924. The maximum Gasteiger partial charge on any atom is 0.326 e. The van der Waals surface area contributed by atoms with Crippen LogP contribution < -0.4 is 32.3 Å². The van der Waals surface area contributed by atoms with Crippen LogP contribution in [0.3, 0.4) is 0 Å². The molecule has 14 heteroatoms. The van der Waals surface area contributed by atoms with Crippen molar-refractivity contribution in [2.24, 2.45) is 29.4 Å². The molecule has 0 heterocycles. The molecule has 14 nitrogen and oxygen atoms in total. The molecule has 242 valence electrons. The van der Waals surface area contributed by atoms with Crippen molar-refractivity contribution in [2.75, 3.05) is 13.2 Å². The van der Waals surface area contributed by atoms with Crippen LogP contribution in [0.5, 0.6) is 0 Å². The summed E-state index contributed by atoms with van der Waals surface area (Å²) in [5, 5.41) is 31.8. The first-order valence-electron chi connectivity index (χ1n) is 14.5. The number of hydrogen-bond acceptors (Lipinski definition) is 8. The number of amides is 5. The summed E-state index contributed by atoms with van der Waals surface area (Å²) in [6, 6.07) is -5.77. The van der Waals surface area contributed by atoms with E-state index in [1.165, 1.54) is 0 Å². The number of carbonyl (C=O) groups is 6. The Morgan fingerprint density at radius 1 is 0.571 bits per heavy atom. The second-order valence-electron chi connectivity index (χ2n) is 12.1. The molecule has 42 heavy (non-hydrogen) atoms. The molecular formula is C28H52N6O8. The van der Waals surface area contributed by atoms with Gasteiger partial charge in [0.1, 0.15) is 30.2 Å². The molecule has 0 fully saturated rings. The van der Waals surface area contributed by atoms with Crippen molar-refractivity contribution in [3.63, 3.8) is 0 Å². The van der Waals surface area contributed by atoms with Crippen molar-refractivity contribution < 1.29 is 39.0 Å². The van der Waals surface area contributed by atoms with Crippen LogP contribution in [-0.2, 0) is 28.8 Å². The maximum absolute atomic E-state index is 13.4. The molecule has 0 aliphatic rings. The predicted molar refractivity (Wildman–Crippen MR) is 157 cm³/mol. The van der Waals surface area contributed by atoms with Gasteiger partial charge >= 0.3 is 5.97 Å². The second-order valence-corrected chi connectivity index (χ2v) is 12.1. The number of carbonyl (C=O) groups excluding carboxylic acids is 5. The summed E-state index contributed by atoms with van der Waals surface area (Å²) in [4.78, 5) is 75.8. The molecule has 0 unspecified atom stereocenters. The Kier molecular flexibility index (Phi) is 17.6. The summed E-state index contributed by atoms with van der Waals surface area (Å²) < 4.78 is 0. The predicted octanol–water partition coefficient (Wildman–Crippen LogP) is -0.760. The molecule has 0 radical (unpaired) electrons. The third-order valence-electron chi connectivity index (χ3n) is 6.27. The molecule has 0 saturated heterocycles. The zero-order valence-corrected chi connectivity index (χ0v) is 26.2. The third kappa shape index (κ3) is 14.6. The number of aliphatic hydroxyl groups excluding tert-OH is 1. The van der Waals surface area contributed by atoms with Crippen molar-refractivity contribution in [1.29, 1.82) is 0 Å². The van der Waals surface area contributed by atoms with Crippen LogP contribution in [0.2, 0.25) is 0 Å². The summed E-state index contributed by atoms with van der Waals surface area (Å²) in [6.07, 6.45) is 0.555. The van der Waals surface area contributed by atoms with Crippen LogP contribution in [0.4, 0.5) is 0 Å². The molecule has 5 amide bonds. The largest absolute Gasteiger partial charge is 0.480 e. The van der Waals surface area contributed by atoms with Crippen LogP contribution in [0.1, 0.15) is 74.7 Å². The topological polar surface area (TPSA) is 229 Å². The van der Waals surface area contributed by atoms with E-state index >= 15 is 0 Å². The first kappa shape index (κ1) is 38.7. The molecule has 0 aliphatic heterocycles. The highest BCUT2D eigenvalue weighted by atomic mass is 16.4. The van der Waals surface area contributed by atoms with Gasteiger partial charge in [0.15, 0.2) is 0 Å². The first-order valence-corrected chi connectivity index (χ1v) is 14.5. The molecule has 0 rings (SSSR count). The van der Waals surface area contributed by atoms with E-state index in [1.807, 2.05) is 27.7 Å². The molecule has 0 spiro atoms. The zero-order valence-electron chi connectivity index (χ0n) is 26.2. The maximum atomic E-state index is 13.4. The van der Waals surface area contributed by atoms with Gasteiger partial charge in [-0.1, -0.05) is 55.4 Å². The smallest absolute Gasteiger partial charge is 0.326 e. The van der Waals surface area contributed by atoms with Gasteiger partial charge in [-0.15, -0.1) is 0 Å².